The maximum atomic E-state index is 6.17. The van der Waals surface area contributed by atoms with Crippen molar-refractivity contribution in [1.82, 2.24) is 10.2 Å². The van der Waals surface area contributed by atoms with Crippen LogP contribution in [0.25, 0.3) is 0 Å². The summed E-state index contributed by atoms with van der Waals surface area (Å²) in [7, 11) is 2.19. The Labute approximate surface area is 115 Å². The summed E-state index contributed by atoms with van der Waals surface area (Å²) in [5.74, 6) is 0. The summed E-state index contributed by atoms with van der Waals surface area (Å²) in [6.45, 7) is 3.22. The lowest BCUT2D eigenvalue weighted by Gasteiger charge is -2.31. The summed E-state index contributed by atoms with van der Waals surface area (Å²) in [4.78, 5) is 2.42. The molecule has 0 atom stereocenters. The molecule has 1 aliphatic heterocycles. The first-order valence-corrected chi connectivity index (χ1v) is 6.29. The standard InChI is InChI=1S/C13H19ClN2.ClH/c1-16(12-6-8-15-9-7-12)10-11-4-2-3-5-13(11)14;/h2-5,12,15H,6-10H2,1H3;1H. The molecule has 1 N–H and O–H groups in total. The first-order chi connectivity index (χ1) is 7.77. The van der Waals surface area contributed by atoms with Crippen molar-refractivity contribution in [2.24, 2.45) is 0 Å². The smallest absolute Gasteiger partial charge is 0.0451 e. The molecule has 0 unspecified atom stereocenters. The molecule has 1 heterocycles. The van der Waals surface area contributed by atoms with Crippen molar-refractivity contribution in [1.29, 1.82) is 0 Å². The van der Waals surface area contributed by atoms with Crippen molar-refractivity contribution in [2.75, 3.05) is 20.1 Å². The number of halogens is 2. The SMILES string of the molecule is CN(Cc1ccccc1Cl)C1CCNCC1.Cl. The molecule has 0 spiro atoms. The topological polar surface area (TPSA) is 15.3 Å². The van der Waals surface area contributed by atoms with Gasteiger partial charge in [-0.15, -0.1) is 12.4 Å². The molecule has 4 heteroatoms. The molecule has 1 aliphatic rings. The first kappa shape index (κ1) is 14.8. The third-order valence-corrected chi connectivity index (χ3v) is 3.68. The van der Waals surface area contributed by atoms with Crippen LogP contribution in [-0.2, 0) is 6.54 Å². The van der Waals surface area contributed by atoms with Gasteiger partial charge >= 0.3 is 0 Å². The van der Waals surface area contributed by atoms with Crippen molar-refractivity contribution in [3.05, 3.63) is 34.9 Å². The predicted octanol–water partition coefficient (Wildman–Crippen LogP) is 2.95. The van der Waals surface area contributed by atoms with Crippen LogP contribution >= 0.6 is 24.0 Å². The highest BCUT2D eigenvalue weighted by Crippen LogP contribution is 2.19. The summed E-state index contributed by atoms with van der Waals surface area (Å²) < 4.78 is 0. The number of hydrogen-bond acceptors (Lipinski definition) is 2. The molecule has 0 amide bonds. The van der Waals surface area contributed by atoms with Crippen LogP contribution in [0.1, 0.15) is 18.4 Å². The highest BCUT2D eigenvalue weighted by atomic mass is 35.5. The Morgan fingerprint density at radius 2 is 1.94 bits per heavy atom. The van der Waals surface area contributed by atoms with Gasteiger partial charge in [-0.25, -0.2) is 0 Å². The fourth-order valence-corrected chi connectivity index (χ4v) is 2.47. The van der Waals surface area contributed by atoms with Gasteiger partial charge in [-0.2, -0.15) is 0 Å². The van der Waals surface area contributed by atoms with E-state index < -0.39 is 0 Å². The van der Waals surface area contributed by atoms with Gasteiger partial charge in [0.15, 0.2) is 0 Å². The molecule has 2 rings (SSSR count). The zero-order chi connectivity index (χ0) is 11.4. The minimum absolute atomic E-state index is 0. The Hall–Kier alpha value is -0.280. The van der Waals surface area contributed by atoms with E-state index >= 15 is 0 Å². The number of nitrogens with zero attached hydrogens (tertiary/aromatic N) is 1. The molecule has 1 fully saturated rings. The summed E-state index contributed by atoms with van der Waals surface area (Å²) in [5.41, 5.74) is 1.23. The van der Waals surface area contributed by atoms with E-state index in [1.807, 2.05) is 12.1 Å². The first-order valence-electron chi connectivity index (χ1n) is 5.92. The molecule has 1 aromatic carbocycles. The van der Waals surface area contributed by atoms with Crippen LogP contribution in [-0.4, -0.2) is 31.1 Å². The number of piperidine rings is 1. The van der Waals surface area contributed by atoms with Gasteiger partial charge in [-0.1, -0.05) is 29.8 Å². The normalized spacial score (nSPS) is 16.9. The zero-order valence-corrected chi connectivity index (χ0v) is 11.7. The van der Waals surface area contributed by atoms with Crippen LogP contribution in [0.4, 0.5) is 0 Å². The third kappa shape index (κ3) is 4.14. The van der Waals surface area contributed by atoms with Gasteiger partial charge in [-0.3, -0.25) is 4.90 Å². The number of nitrogens with one attached hydrogen (secondary N) is 1. The van der Waals surface area contributed by atoms with Gasteiger partial charge in [-0.05, 0) is 44.6 Å². The molecule has 0 aliphatic carbocycles. The van der Waals surface area contributed by atoms with Gasteiger partial charge in [0.1, 0.15) is 0 Å². The van der Waals surface area contributed by atoms with Crippen molar-refractivity contribution in [3.63, 3.8) is 0 Å². The fraction of sp³-hybridized carbons (Fsp3) is 0.538. The van der Waals surface area contributed by atoms with Crippen molar-refractivity contribution in [2.45, 2.75) is 25.4 Å². The number of rotatable bonds is 3. The lowest BCUT2D eigenvalue weighted by Crippen LogP contribution is -2.40. The van der Waals surface area contributed by atoms with Crippen LogP contribution in [0.3, 0.4) is 0 Å². The van der Waals surface area contributed by atoms with Crippen molar-refractivity contribution >= 4 is 24.0 Å². The van der Waals surface area contributed by atoms with Crippen LogP contribution in [0.2, 0.25) is 5.02 Å². The quantitative estimate of drug-likeness (QED) is 0.912. The summed E-state index contributed by atoms with van der Waals surface area (Å²) >= 11 is 6.17. The van der Waals surface area contributed by atoms with E-state index in [-0.39, 0.29) is 12.4 Å². The van der Waals surface area contributed by atoms with E-state index in [4.69, 9.17) is 11.6 Å². The monoisotopic (exact) mass is 274 g/mol. The molecule has 0 aromatic heterocycles. The van der Waals surface area contributed by atoms with Crippen LogP contribution in [0.5, 0.6) is 0 Å². The second-order valence-corrected chi connectivity index (χ2v) is 4.89. The number of benzene rings is 1. The predicted molar refractivity (Wildman–Crippen MR) is 76.1 cm³/mol. The van der Waals surface area contributed by atoms with Gasteiger partial charge in [0.25, 0.3) is 0 Å². The summed E-state index contributed by atoms with van der Waals surface area (Å²) in [6.07, 6.45) is 2.47. The average molecular weight is 275 g/mol. The molecule has 0 saturated carbocycles. The summed E-state index contributed by atoms with van der Waals surface area (Å²) in [5, 5.41) is 4.27. The molecule has 0 radical (unpaired) electrons. The van der Waals surface area contributed by atoms with Crippen molar-refractivity contribution < 1.29 is 0 Å². The summed E-state index contributed by atoms with van der Waals surface area (Å²) in [6, 6.07) is 8.80. The largest absolute Gasteiger partial charge is 0.317 e. The Bertz CT molecular complexity index is 338. The lowest BCUT2D eigenvalue weighted by molar-refractivity contribution is 0.192. The van der Waals surface area contributed by atoms with Gasteiger partial charge in [0, 0.05) is 17.6 Å². The minimum atomic E-state index is 0. The van der Waals surface area contributed by atoms with E-state index in [0.29, 0.717) is 6.04 Å². The lowest BCUT2D eigenvalue weighted by atomic mass is 10.0. The van der Waals surface area contributed by atoms with Crippen LogP contribution in [0, 0.1) is 0 Å². The van der Waals surface area contributed by atoms with Gasteiger partial charge < -0.3 is 5.32 Å². The highest BCUT2D eigenvalue weighted by molar-refractivity contribution is 6.31. The van der Waals surface area contributed by atoms with E-state index in [1.165, 1.54) is 18.4 Å². The maximum Gasteiger partial charge on any atom is 0.0451 e. The number of hydrogen-bond donors (Lipinski definition) is 1. The Kier molecular flexibility index (Phi) is 6.28. The Balaban J connectivity index is 0.00000144. The molecule has 2 nitrogen and oxygen atoms in total. The molecule has 17 heavy (non-hydrogen) atoms. The average Bonchev–Trinajstić information content (AvgIpc) is 2.33. The Morgan fingerprint density at radius 1 is 1.29 bits per heavy atom. The maximum absolute atomic E-state index is 6.17. The van der Waals surface area contributed by atoms with Crippen LogP contribution in [0.15, 0.2) is 24.3 Å². The zero-order valence-electron chi connectivity index (χ0n) is 10.2. The Morgan fingerprint density at radius 3 is 2.59 bits per heavy atom. The third-order valence-electron chi connectivity index (χ3n) is 3.31. The molecule has 1 saturated heterocycles. The van der Waals surface area contributed by atoms with E-state index in [2.05, 4.69) is 29.4 Å². The molecular formula is C13H20Cl2N2. The minimum Gasteiger partial charge on any atom is -0.317 e. The van der Waals surface area contributed by atoms with Gasteiger partial charge in [0.2, 0.25) is 0 Å². The molecule has 0 bridgehead atoms. The molecule has 96 valence electrons. The van der Waals surface area contributed by atoms with E-state index in [1.54, 1.807) is 0 Å². The van der Waals surface area contributed by atoms with Crippen LogP contribution < -0.4 is 5.32 Å². The second-order valence-electron chi connectivity index (χ2n) is 4.49. The second kappa shape index (κ2) is 7.22. The van der Waals surface area contributed by atoms with Gasteiger partial charge in [0.05, 0.1) is 0 Å². The highest BCUT2D eigenvalue weighted by Gasteiger charge is 2.18. The van der Waals surface area contributed by atoms with E-state index in [9.17, 15) is 0 Å². The molecule has 1 aromatic rings. The van der Waals surface area contributed by atoms with Crippen molar-refractivity contribution in [3.8, 4) is 0 Å². The molecular weight excluding hydrogens is 255 g/mol. The van der Waals surface area contributed by atoms with E-state index in [0.717, 1.165) is 24.7 Å². The fourth-order valence-electron chi connectivity index (χ4n) is 2.27.